The molecule has 2 heteroatoms. The van der Waals surface area contributed by atoms with Crippen LogP contribution < -0.4 is 0 Å². The van der Waals surface area contributed by atoms with Crippen molar-refractivity contribution < 1.29 is 0 Å². The Morgan fingerprint density at radius 3 is 1.35 bits per heavy atom. The molecule has 0 unspecified atom stereocenters. The number of benzene rings is 2. The van der Waals surface area contributed by atoms with Gasteiger partial charge in [-0.2, -0.15) is 0 Å². The molecule has 0 heterocycles. The second-order valence-electron chi connectivity index (χ2n) is 9.15. The molecule has 0 aliphatic heterocycles. The Kier molecular flexibility index (Phi) is 5.55. The van der Waals surface area contributed by atoms with Crippen molar-refractivity contribution >= 4 is 11.4 Å². The Morgan fingerprint density at radius 2 is 1.04 bits per heavy atom. The lowest BCUT2D eigenvalue weighted by atomic mass is 9.72. The van der Waals surface area contributed by atoms with Gasteiger partial charge in [0.15, 0.2) is 0 Å². The second-order valence-corrected chi connectivity index (χ2v) is 9.15. The van der Waals surface area contributed by atoms with Gasteiger partial charge in [-0.15, -0.1) is 0 Å². The number of hydrogen-bond acceptors (Lipinski definition) is 2. The van der Waals surface area contributed by atoms with Gasteiger partial charge >= 0.3 is 0 Å². The predicted octanol–water partition coefficient (Wildman–Crippen LogP) is 6.47. The van der Waals surface area contributed by atoms with Crippen LogP contribution in [0.2, 0.25) is 0 Å². The molecule has 0 saturated heterocycles. The summed E-state index contributed by atoms with van der Waals surface area (Å²) in [7, 11) is 0. The molecular formula is C24H32N2. The highest BCUT2D eigenvalue weighted by atomic mass is 14.5. The van der Waals surface area contributed by atoms with Crippen molar-refractivity contribution in [3.63, 3.8) is 0 Å². The molecule has 0 fully saturated rings. The van der Waals surface area contributed by atoms with Crippen molar-refractivity contribution in [2.75, 3.05) is 0 Å². The van der Waals surface area contributed by atoms with Gasteiger partial charge in [-0.1, -0.05) is 90.1 Å². The van der Waals surface area contributed by atoms with Gasteiger partial charge in [0.2, 0.25) is 0 Å². The Balaban J connectivity index is 2.82. The maximum Gasteiger partial charge on any atom is 0.0637 e. The van der Waals surface area contributed by atoms with Gasteiger partial charge in [0, 0.05) is 5.71 Å². The third-order valence-corrected chi connectivity index (χ3v) is 4.85. The van der Waals surface area contributed by atoms with E-state index in [0.717, 1.165) is 11.1 Å². The van der Waals surface area contributed by atoms with Crippen LogP contribution in [0.25, 0.3) is 0 Å². The first-order valence-corrected chi connectivity index (χ1v) is 9.27. The van der Waals surface area contributed by atoms with E-state index in [2.05, 4.69) is 77.9 Å². The first-order valence-electron chi connectivity index (χ1n) is 9.27. The lowest BCUT2D eigenvalue weighted by Crippen LogP contribution is -2.27. The molecule has 26 heavy (non-hydrogen) atoms. The van der Waals surface area contributed by atoms with Gasteiger partial charge in [-0.05, 0) is 40.0 Å². The summed E-state index contributed by atoms with van der Waals surface area (Å²) in [5.41, 5.74) is 5.38. The molecule has 2 nitrogen and oxygen atoms in total. The van der Waals surface area contributed by atoms with Gasteiger partial charge in [0.1, 0.15) is 0 Å². The molecule has 2 aromatic rings. The molecule has 0 amide bonds. The minimum Gasteiger partial charge on any atom is -0.304 e. The fourth-order valence-electron chi connectivity index (χ4n) is 3.56. The van der Waals surface area contributed by atoms with Gasteiger partial charge < -0.3 is 10.8 Å². The highest BCUT2D eigenvalue weighted by Gasteiger charge is 2.31. The van der Waals surface area contributed by atoms with E-state index in [9.17, 15) is 0 Å². The number of nitrogens with one attached hydrogen (secondary N) is 2. The van der Waals surface area contributed by atoms with Gasteiger partial charge in [0.05, 0.1) is 11.6 Å². The largest absolute Gasteiger partial charge is 0.304 e. The molecule has 0 aliphatic carbocycles. The molecule has 0 aliphatic rings. The second kappa shape index (κ2) is 7.19. The van der Waals surface area contributed by atoms with Crippen LogP contribution in [0.15, 0.2) is 48.5 Å². The number of hydrogen-bond donors (Lipinski definition) is 2. The molecule has 0 atom stereocenters. The van der Waals surface area contributed by atoms with Crippen molar-refractivity contribution in [1.82, 2.24) is 0 Å². The quantitative estimate of drug-likeness (QED) is 0.595. The standard InChI is InChI=1S/C24H32N2/c1-16(25)22(26)21(17-12-8-10-14-19(17)23(2,3)4)18-13-9-11-15-20(18)24(5,6)7/h8-15,21,25-26H,1-7H3. The van der Waals surface area contributed by atoms with Gasteiger partial charge in [-0.25, -0.2) is 0 Å². The summed E-state index contributed by atoms with van der Waals surface area (Å²) in [6.07, 6.45) is 0. The first kappa shape index (κ1) is 20.1. The van der Waals surface area contributed by atoms with Crippen LogP contribution in [0.1, 0.15) is 76.6 Å². The normalized spacial score (nSPS) is 12.3. The lowest BCUT2D eigenvalue weighted by Gasteiger charge is -2.32. The van der Waals surface area contributed by atoms with Crippen molar-refractivity contribution in [1.29, 1.82) is 10.8 Å². The van der Waals surface area contributed by atoms with E-state index in [0.29, 0.717) is 11.4 Å². The summed E-state index contributed by atoms with van der Waals surface area (Å²) in [6.45, 7) is 15.0. The minimum absolute atomic E-state index is 0.0261. The van der Waals surface area contributed by atoms with E-state index in [-0.39, 0.29) is 16.7 Å². The van der Waals surface area contributed by atoms with Crippen molar-refractivity contribution in [2.45, 2.75) is 65.2 Å². The lowest BCUT2D eigenvalue weighted by molar-refractivity contribution is 0.574. The Hall–Kier alpha value is -2.22. The minimum atomic E-state index is -0.224. The summed E-state index contributed by atoms with van der Waals surface area (Å²) in [5, 5.41) is 16.9. The summed E-state index contributed by atoms with van der Waals surface area (Å²) >= 11 is 0. The fourth-order valence-corrected chi connectivity index (χ4v) is 3.56. The monoisotopic (exact) mass is 348 g/mol. The molecule has 0 spiro atoms. The molecule has 2 rings (SSSR count). The summed E-state index contributed by atoms with van der Waals surface area (Å²) in [6, 6.07) is 16.8. The third kappa shape index (κ3) is 4.12. The van der Waals surface area contributed by atoms with E-state index in [1.807, 2.05) is 12.1 Å². The van der Waals surface area contributed by atoms with E-state index in [1.54, 1.807) is 6.92 Å². The van der Waals surface area contributed by atoms with E-state index < -0.39 is 0 Å². The maximum atomic E-state index is 8.75. The first-order chi connectivity index (χ1) is 11.9. The Morgan fingerprint density at radius 1 is 0.692 bits per heavy atom. The smallest absolute Gasteiger partial charge is 0.0637 e. The van der Waals surface area contributed by atoms with Crippen LogP contribution in [0, 0.1) is 10.8 Å². The Labute approximate surface area is 158 Å². The summed E-state index contributed by atoms with van der Waals surface area (Å²) in [4.78, 5) is 0. The van der Waals surface area contributed by atoms with Crippen LogP contribution in [-0.2, 0) is 10.8 Å². The number of rotatable bonds is 4. The van der Waals surface area contributed by atoms with Crippen LogP contribution in [0.5, 0.6) is 0 Å². The van der Waals surface area contributed by atoms with Crippen LogP contribution in [0.4, 0.5) is 0 Å². The molecule has 0 radical (unpaired) electrons. The molecule has 0 bridgehead atoms. The predicted molar refractivity (Wildman–Crippen MR) is 113 cm³/mol. The van der Waals surface area contributed by atoms with E-state index in [4.69, 9.17) is 10.8 Å². The summed E-state index contributed by atoms with van der Waals surface area (Å²) < 4.78 is 0. The van der Waals surface area contributed by atoms with E-state index in [1.165, 1.54) is 11.1 Å². The highest BCUT2D eigenvalue weighted by molar-refractivity contribution is 6.41. The van der Waals surface area contributed by atoms with Crippen LogP contribution >= 0.6 is 0 Å². The third-order valence-electron chi connectivity index (χ3n) is 4.85. The van der Waals surface area contributed by atoms with Crippen LogP contribution in [-0.4, -0.2) is 11.4 Å². The molecular weight excluding hydrogens is 316 g/mol. The zero-order valence-corrected chi connectivity index (χ0v) is 17.2. The fraction of sp³-hybridized carbons (Fsp3) is 0.417. The van der Waals surface area contributed by atoms with Crippen molar-refractivity contribution in [3.05, 3.63) is 70.8 Å². The summed E-state index contributed by atoms with van der Waals surface area (Å²) in [5.74, 6) is -0.224. The van der Waals surface area contributed by atoms with Crippen molar-refractivity contribution in [2.24, 2.45) is 0 Å². The molecule has 138 valence electrons. The Bertz CT molecular complexity index is 759. The van der Waals surface area contributed by atoms with Crippen molar-refractivity contribution in [3.8, 4) is 0 Å². The van der Waals surface area contributed by atoms with Gasteiger partial charge in [0.25, 0.3) is 0 Å². The van der Waals surface area contributed by atoms with Crippen LogP contribution in [0.3, 0.4) is 0 Å². The zero-order valence-electron chi connectivity index (χ0n) is 17.2. The molecule has 2 aromatic carbocycles. The SMILES string of the molecule is CC(=N)C(=N)C(c1ccccc1C(C)(C)C)c1ccccc1C(C)(C)C. The highest BCUT2D eigenvalue weighted by Crippen LogP contribution is 2.39. The average Bonchev–Trinajstić information content (AvgIpc) is 2.54. The molecule has 0 saturated carbocycles. The maximum absolute atomic E-state index is 8.75. The average molecular weight is 349 g/mol. The van der Waals surface area contributed by atoms with E-state index >= 15 is 0 Å². The zero-order chi connectivity index (χ0) is 19.7. The topological polar surface area (TPSA) is 47.7 Å². The molecule has 0 aromatic heterocycles. The van der Waals surface area contributed by atoms with Gasteiger partial charge in [-0.3, -0.25) is 0 Å². The molecule has 2 N–H and O–H groups in total.